The first-order valence-corrected chi connectivity index (χ1v) is 7.63. The second-order valence-electron chi connectivity index (χ2n) is 5.57. The first-order valence-electron chi connectivity index (χ1n) is 7.63. The third-order valence-electron chi connectivity index (χ3n) is 4.11. The van der Waals surface area contributed by atoms with Crippen LogP contribution in [0.1, 0.15) is 25.7 Å². The van der Waals surface area contributed by atoms with Gasteiger partial charge in [0.15, 0.2) is 5.52 Å². The molecule has 2 fully saturated rings. The lowest BCUT2D eigenvalue weighted by molar-refractivity contribution is -0.520. The minimum Gasteiger partial charge on any atom is -0.278 e. The van der Waals surface area contributed by atoms with E-state index in [1.165, 1.54) is 30.5 Å². The maximum atomic E-state index is 6.11. The van der Waals surface area contributed by atoms with E-state index in [0.29, 0.717) is 5.65 Å². The topological polar surface area (TPSA) is 59.1 Å². The quantitative estimate of drug-likeness (QED) is 0.565. The third-order valence-corrected chi connectivity index (χ3v) is 4.11. The van der Waals surface area contributed by atoms with Gasteiger partial charge in [0.05, 0.1) is 26.2 Å². The van der Waals surface area contributed by atoms with Crippen LogP contribution in [-0.2, 0) is 0 Å². The smallest absolute Gasteiger partial charge is 0.278 e. The van der Waals surface area contributed by atoms with E-state index in [2.05, 4.69) is 24.8 Å². The number of nitrogens with zero attached hydrogens (tertiary/aromatic N) is 6. The number of pyridine rings is 1. The molecule has 0 spiro atoms. The van der Waals surface area contributed by atoms with Gasteiger partial charge in [-0.25, -0.2) is 14.5 Å². The largest absolute Gasteiger partial charge is 0.472 e. The van der Waals surface area contributed by atoms with E-state index in [-0.39, 0.29) is 0 Å². The molecule has 0 radical (unpaired) electrons. The molecule has 2 aliphatic rings. The Morgan fingerprint density at radius 1 is 1.14 bits per heavy atom. The SMILES string of the molecule is c1cnc2nnn(OC(N3CCCC3)=[N+]3CCCC3)c2c1. The zero-order valence-electron chi connectivity index (χ0n) is 12.0. The number of fused-ring (bicyclic) bond motifs is 1. The highest BCUT2D eigenvalue weighted by Gasteiger charge is 2.31. The Morgan fingerprint density at radius 2 is 1.95 bits per heavy atom. The molecule has 7 heteroatoms. The normalized spacial score (nSPS) is 18.7. The summed E-state index contributed by atoms with van der Waals surface area (Å²) in [6, 6.07) is 4.71. The summed E-state index contributed by atoms with van der Waals surface area (Å²) in [7, 11) is 0. The molecule has 2 aromatic heterocycles. The summed E-state index contributed by atoms with van der Waals surface area (Å²) in [4.78, 5) is 14.1. The van der Waals surface area contributed by atoms with Gasteiger partial charge >= 0.3 is 6.02 Å². The Labute approximate surface area is 122 Å². The Morgan fingerprint density at radius 3 is 2.76 bits per heavy atom. The van der Waals surface area contributed by atoms with Crippen LogP contribution in [0, 0.1) is 0 Å². The van der Waals surface area contributed by atoms with Crippen LogP contribution >= 0.6 is 0 Å². The van der Waals surface area contributed by atoms with E-state index in [9.17, 15) is 0 Å². The van der Waals surface area contributed by atoms with Gasteiger partial charge in [-0.05, 0) is 43.0 Å². The summed E-state index contributed by atoms with van der Waals surface area (Å²) >= 11 is 0. The molecule has 0 atom stereocenters. The van der Waals surface area contributed by atoms with Crippen LogP contribution in [0.3, 0.4) is 0 Å². The Balaban J connectivity index is 1.69. The minimum atomic E-state index is 0.611. The number of aromatic nitrogens is 4. The van der Waals surface area contributed by atoms with Gasteiger partial charge in [-0.3, -0.25) is 4.84 Å². The van der Waals surface area contributed by atoms with Crippen molar-refractivity contribution in [2.75, 3.05) is 26.2 Å². The van der Waals surface area contributed by atoms with Gasteiger partial charge in [0, 0.05) is 6.20 Å². The lowest BCUT2D eigenvalue weighted by atomic mass is 10.4. The van der Waals surface area contributed by atoms with E-state index in [4.69, 9.17) is 4.84 Å². The van der Waals surface area contributed by atoms with E-state index >= 15 is 0 Å². The molecule has 0 unspecified atom stereocenters. The van der Waals surface area contributed by atoms with E-state index in [1.54, 1.807) is 6.20 Å². The van der Waals surface area contributed by atoms with Gasteiger partial charge in [-0.1, -0.05) is 4.85 Å². The van der Waals surface area contributed by atoms with Gasteiger partial charge in [0.1, 0.15) is 0 Å². The predicted molar refractivity (Wildman–Crippen MR) is 76.9 cm³/mol. The maximum Gasteiger partial charge on any atom is 0.472 e. The molecule has 7 nitrogen and oxygen atoms in total. The summed E-state index contributed by atoms with van der Waals surface area (Å²) in [5.41, 5.74) is 1.41. The molecule has 0 bridgehead atoms. The van der Waals surface area contributed by atoms with Crippen LogP contribution in [0.15, 0.2) is 18.3 Å². The van der Waals surface area contributed by atoms with E-state index < -0.39 is 0 Å². The van der Waals surface area contributed by atoms with Gasteiger partial charge in [0.2, 0.25) is 5.65 Å². The average molecular weight is 287 g/mol. The summed E-state index contributed by atoms with van der Waals surface area (Å²) in [5, 5.41) is 8.14. The average Bonchev–Trinajstić information content (AvgIpc) is 3.26. The molecule has 0 aromatic carbocycles. The first-order chi connectivity index (χ1) is 10.4. The van der Waals surface area contributed by atoms with Crippen molar-refractivity contribution >= 4 is 17.2 Å². The minimum absolute atomic E-state index is 0.611. The molecule has 0 saturated carbocycles. The highest BCUT2D eigenvalue weighted by molar-refractivity contribution is 5.72. The van der Waals surface area contributed by atoms with Gasteiger partial charge in [-0.15, -0.1) is 5.10 Å². The van der Waals surface area contributed by atoms with Crippen molar-refractivity contribution in [3.63, 3.8) is 0 Å². The Bertz CT molecular complexity index is 665. The Kier molecular flexibility index (Phi) is 3.17. The fourth-order valence-corrected chi connectivity index (χ4v) is 3.02. The predicted octanol–water partition coefficient (Wildman–Crippen LogP) is 0.513. The highest BCUT2D eigenvalue weighted by atomic mass is 16.7. The Hall–Kier alpha value is -2.18. The van der Waals surface area contributed by atoms with Crippen LogP contribution < -0.4 is 4.84 Å². The molecule has 110 valence electrons. The molecule has 2 saturated heterocycles. The van der Waals surface area contributed by atoms with E-state index in [1.807, 2.05) is 12.1 Å². The summed E-state index contributed by atoms with van der Waals surface area (Å²) in [6.07, 6.45) is 6.61. The van der Waals surface area contributed by atoms with Crippen molar-refractivity contribution in [1.29, 1.82) is 0 Å². The fourth-order valence-electron chi connectivity index (χ4n) is 3.02. The number of hydrogen-bond acceptors (Lipinski definition) is 4. The fraction of sp³-hybridized carbons (Fsp3) is 0.571. The second-order valence-corrected chi connectivity index (χ2v) is 5.57. The summed E-state index contributed by atoms with van der Waals surface area (Å²) in [5.74, 6) is 0. The van der Waals surface area contributed by atoms with Crippen molar-refractivity contribution in [1.82, 2.24) is 25.0 Å². The van der Waals surface area contributed by atoms with Crippen LogP contribution in [-0.4, -0.2) is 61.8 Å². The summed E-state index contributed by atoms with van der Waals surface area (Å²) < 4.78 is 2.31. The van der Waals surface area contributed by atoms with E-state index in [0.717, 1.165) is 37.7 Å². The lowest BCUT2D eigenvalue weighted by Gasteiger charge is -2.14. The van der Waals surface area contributed by atoms with Crippen molar-refractivity contribution in [2.45, 2.75) is 25.7 Å². The summed E-state index contributed by atoms with van der Waals surface area (Å²) in [6.45, 7) is 4.21. The molecule has 4 rings (SSSR count). The maximum absolute atomic E-state index is 6.11. The number of rotatable bonds is 1. The van der Waals surface area contributed by atoms with Crippen molar-refractivity contribution in [3.8, 4) is 0 Å². The molecular formula is C14H19N6O+. The number of amidine groups is 1. The zero-order chi connectivity index (χ0) is 14.1. The number of hydrogen-bond donors (Lipinski definition) is 0. The molecule has 4 heterocycles. The van der Waals surface area contributed by atoms with Crippen molar-refractivity contribution < 1.29 is 9.41 Å². The standard InChI is InChI=1S/C14H19N6O/c1-2-9-18(8-1)14(19-10-3-4-11-19)21-20-12-6-5-7-15-13(12)16-17-20/h5-7H,1-4,8-11H2/q+1. The second kappa shape index (κ2) is 5.31. The zero-order valence-corrected chi connectivity index (χ0v) is 12.0. The molecular weight excluding hydrogens is 268 g/mol. The van der Waals surface area contributed by atoms with Crippen LogP contribution in [0.4, 0.5) is 0 Å². The molecule has 2 aromatic rings. The lowest BCUT2D eigenvalue weighted by Crippen LogP contribution is -2.43. The van der Waals surface area contributed by atoms with Crippen molar-refractivity contribution in [3.05, 3.63) is 18.3 Å². The van der Waals surface area contributed by atoms with Gasteiger partial charge in [0.25, 0.3) is 0 Å². The third kappa shape index (κ3) is 2.32. The molecule has 21 heavy (non-hydrogen) atoms. The number of likely N-dealkylation sites (tertiary alicyclic amines) is 1. The molecule has 0 amide bonds. The van der Waals surface area contributed by atoms with Gasteiger partial charge in [-0.2, -0.15) is 0 Å². The van der Waals surface area contributed by atoms with Crippen LogP contribution in [0.2, 0.25) is 0 Å². The first kappa shape index (κ1) is 12.6. The molecule has 0 aliphatic carbocycles. The van der Waals surface area contributed by atoms with Crippen LogP contribution in [0.25, 0.3) is 11.2 Å². The monoisotopic (exact) mass is 287 g/mol. The van der Waals surface area contributed by atoms with Crippen molar-refractivity contribution in [2.24, 2.45) is 0 Å². The van der Waals surface area contributed by atoms with Crippen LogP contribution in [0.5, 0.6) is 0 Å². The highest BCUT2D eigenvalue weighted by Crippen LogP contribution is 2.12. The van der Waals surface area contributed by atoms with Gasteiger partial charge < -0.3 is 0 Å². The molecule has 0 N–H and O–H groups in total. The molecule has 2 aliphatic heterocycles.